The molecule has 2 aromatic heterocycles. The normalized spacial score (nSPS) is 10.7. The molecule has 146 valence electrons. The first-order valence-electron chi connectivity index (χ1n) is 9.34. The van der Waals surface area contributed by atoms with E-state index in [1.165, 1.54) is 16.9 Å². The van der Waals surface area contributed by atoms with Crippen molar-refractivity contribution in [2.24, 2.45) is 0 Å². The highest BCUT2D eigenvalue weighted by Gasteiger charge is 2.21. The molecule has 0 radical (unpaired) electrons. The molecule has 0 aliphatic rings. The lowest BCUT2D eigenvalue weighted by atomic mass is 10.0. The van der Waals surface area contributed by atoms with Gasteiger partial charge in [0.05, 0.1) is 18.5 Å². The fraction of sp³-hybridized carbons (Fsp3) is 0.125. The predicted octanol–water partition coefficient (Wildman–Crippen LogP) is 6.08. The quantitative estimate of drug-likeness (QED) is 0.439. The third kappa shape index (κ3) is 3.82. The summed E-state index contributed by atoms with van der Waals surface area (Å²) in [6.45, 7) is 4.05. The zero-order chi connectivity index (χ0) is 20.4. The zero-order valence-electron chi connectivity index (χ0n) is 16.6. The van der Waals surface area contributed by atoms with Crippen LogP contribution in [0.4, 0.5) is 5.69 Å². The van der Waals surface area contributed by atoms with E-state index in [4.69, 9.17) is 4.74 Å². The van der Waals surface area contributed by atoms with E-state index in [9.17, 15) is 4.79 Å². The molecule has 29 heavy (non-hydrogen) atoms. The lowest BCUT2D eigenvalue weighted by Crippen LogP contribution is -2.13. The number of carbonyl (C=O) groups is 1. The molecule has 0 saturated heterocycles. The van der Waals surface area contributed by atoms with Crippen LogP contribution in [0.3, 0.4) is 0 Å². The van der Waals surface area contributed by atoms with Crippen LogP contribution < -0.4 is 10.1 Å². The summed E-state index contributed by atoms with van der Waals surface area (Å²) < 4.78 is 7.40. The summed E-state index contributed by atoms with van der Waals surface area (Å²) in [5.41, 5.74) is 5.93. The highest BCUT2D eigenvalue weighted by molar-refractivity contribution is 7.13. The Hall–Kier alpha value is -3.31. The number of nitrogens with one attached hydrogen (secondary N) is 1. The Morgan fingerprint density at radius 2 is 1.69 bits per heavy atom. The van der Waals surface area contributed by atoms with Crippen LogP contribution in [0.2, 0.25) is 0 Å². The van der Waals surface area contributed by atoms with Crippen molar-refractivity contribution in [3.63, 3.8) is 0 Å². The number of hydrogen-bond donors (Lipinski definition) is 1. The third-order valence-electron chi connectivity index (χ3n) is 4.80. The molecule has 2 aromatic carbocycles. The molecule has 0 saturated carbocycles. The number of nitrogens with zero attached hydrogens (tertiary/aromatic N) is 1. The van der Waals surface area contributed by atoms with Crippen LogP contribution in [-0.2, 0) is 0 Å². The maximum absolute atomic E-state index is 13.2. The molecule has 4 aromatic rings. The van der Waals surface area contributed by atoms with Gasteiger partial charge in [0.1, 0.15) is 10.6 Å². The van der Waals surface area contributed by atoms with Crippen LogP contribution in [0, 0.1) is 13.8 Å². The summed E-state index contributed by atoms with van der Waals surface area (Å²) in [6.07, 6.45) is 3.92. The van der Waals surface area contributed by atoms with E-state index in [0.717, 1.165) is 22.4 Å². The van der Waals surface area contributed by atoms with E-state index in [1.807, 2.05) is 59.6 Å². The van der Waals surface area contributed by atoms with Crippen molar-refractivity contribution in [3.05, 3.63) is 88.4 Å². The van der Waals surface area contributed by atoms with Crippen molar-refractivity contribution in [3.8, 4) is 22.6 Å². The van der Waals surface area contributed by atoms with E-state index < -0.39 is 0 Å². The lowest BCUT2D eigenvalue weighted by Gasteiger charge is -2.13. The van der Waals surface area contributed by atoms with E-state index in [2.05, 4.69) is 36.5 Å². The summed E-state index contributed by atoms with van der Waals surface area (Å²) in [6, 6.07) is 18.0. The van der Waals surface area contributed by atoms with Gasteiger partial charge in [-0.1, -0.05) is 35.9 Å². The number of aryl methyl sites for hydroxylation is 2. The van der Waals surface area contributed by atoms with Crippen LogP contribution in [0.25, 0.3) is 16.8 Å². The van der Waals surface area contributed by atoms with E-state index in [-0.39, 0.29) is 5.91 Å². The number of rotatable bonds is 5. The minimum absolute atomic E-state index is 0.152. The molecule has 1 amide bonds. The van der Waals surface area contributed by atoms with Gasteiger partial charge in [-0.05, 0) is 49.2 Å². The van der Waals surface area contributed by atoms with Gasteiger partial charge in [-0.2, -0.15) is 0 Å². The van der Waals surface area contributed by atoms with Gasteiger partial charge in [-0.3, -0.25) is 4.79 Å². The number of hydrogen-bond acceptors (Lipinski definition) is 3. The second-order valence-electron chi connectivity index (χ2n) is 6.94. The number of methoxy groups -OCH3 is 1. The highest BCUT2D eigenvalue weighted by atomic mass is 32.1. The van der Waals surface area contributed by atoms with E-state index in [1.54, 1.807) is 7.11 Å². The predicted molar refractivity (Wildman–Crippen MR) is 120 cm³/mol. The Labute approximate surface area is 174 Å². The largest absolute Gasteiger partial charge is 0.495 e. The number of anilines is 1. The fourth-order valence-corrected chi connectivity index (χ4v) is 4.26. The van der Waals surface area contributed by atoms with E-state index in [0.29, 0.717) is 16.3 Å². The summed E-state index contributed by atoms with van der Waals surface area (Å²) in [5, 5.41) is 5.07. The molecule has 2 heterocycles. The van der Waals surface area contributed by atoms with Gasteiger partial charge in [0, 0.05) is 23.3 Å². The van der Waals surface area contributed by atoms with Gasteiger partial charge < -0.3 is 14.6 Å². The van der Waals surface area contributed by atoms with Crippen LogP contribution >= 0.6 is 11.3 Å². The molecule has 5 heteroatoms. The van der Waals surface area contributed by atoms with Gasteiger partial charge in [-0.15, -0.1) is 11.3 Å². The fourth-order valence-electron chi connectivity index (χ4n) is 3.29. The molecule has 0 fully saturated rings. The number of amides is 1. The molecule has 4 nitrogen and oxygen atoms in total. The Kier molecular flexibility index (Phi) is 5.23. The van der Waals surface area contributed by atoms with Crippen molar-refractivity contribution in [2.45, 2.75) is 13.8 Å². The maximum atomic E-state index is 13.2. The SMILES string of the molecule is COc1ccc(C)cc1NC(=O)c1scc(-c2ccc(C)cc2)c1-n1cccc1. The Morgan fingerprint density at radius 3 is 2.38 bits per heavy atom. The second kappa shape index (κ2) is 7.97. The van der Waals surface area contributed by atoms with Crippen LogP contribution in [0.15, 0.2) is 72.4 Å². The lowest BCUT2D eigenvalue weighted by molar-refractivity contribution is 0.103. The number of benzene rings is 2. The number of carbonyl (C=O) groups excluding carboxylic acids is 1. The smallest absolute Gasteiger partial charge is 0.268 e. The van der Waals surface area contributed by atoms with Gasteiger partial charge in [0.2, 0.25) is 0 Å². The molecular formula is C24H22N2O2S. The topological polar surface area (TPSA) is 43.3 Å². The molecule has 4 rings (SSSR count). The van der Waals surface area contributed by atoms with Crippen LogP contribution in [0.5, 0.6) is 5.75 Å². The maximum Gasteiger partial charge on any atom is 0.268 e. The first-order chi connectivity index (χ1) is 14.1. The monoisotopic (exact) mass is 402 g/mol. The van der Waals surface area contributed by atoms with Gasteiger partial charge in [-0.25, -0.2) is 0 Å². The second-order valence-corrected chi connectivity index (χ2v) is 7.82. The highest BCUT2D eigenvalue weighted by Crippen LogP contribution is 2.36. The average molecular weight is 403 g/mol. The molecular weight excluding hydrogens is 380 g/mol. The van der Waals surface area contributed by atoms with Crippen molar-refractivity contribution in [1.82, 2.24) is 4.57 Å². The van der Waals surface area contributed by atoms with Gasteiger partial charge >= 0.3 is 0 Å². The van der Waals surface area contributed by atoms with Crippen molar-refractivity contribution in [1.29, 1.82) is 0 Å². The molecule has 0 spiro atoms. The standard InChI is InChI=1S/C24H22N2O2S/c1-16-6-9-18(10-7-16)19-15-29-23(22(19)26-12-4-5-13-26)24(27)25-20-14-17(2)8-11-21(20)28-3/h4-15H,1-3H3,(H,25,27). The third-order valence-corrected chi connectivity index (χ3v) is 5.77. The molecule has 0 unspecified atom stereocenters. The van der Waals surface area contributed by atoms with Crippen LogP contribution in [-0.4, -0.2) is 17.6 Å². The minimum Gasteiger partial charge on any atom is -0.495 e. The van der Waals surface area contributed by atoms with Gasteiger partial charge in [0.25, 0.3) is 5.91 Å². The molecule has 0 aliphatic heterocycles. The summed E-state index contributed by atoms with van der Waals surface area (Å²) in [5.74, 6) is 0.489. The first-order valence-corrected chi connectivity index (χ1v) is 10.2. The number of ether oxygens (including phenoxy) is 1. The van der Waals surface area contributed by atoms with Gasteiger partial charge in [0.15, 0.2) is 0 Å². The van der Waals surface area contributed by atoms with Crippen LogP contribution in [0.1, 0.15) is 20.8 Å². The Bertz CT molecular complexity index is 1140. The molecule has 0 atom stereocenters. The summed E-state index contributed by atoms with van der Waals surface area (Å²) in [4.78, 5) is 13.9. The molecule has 1 N–H and O–H groups in total. The van der Waals surface area contributed by atoms with Crippen molar-refractivity contribution >= 4 is 22.9 Å². The summed E-state index contributed by atoms with van der Waals surface area (Å²) >= 11 is 1.44. The molecule has 0 aliphatic carbocycles. The first kappa shape index (κ1) is 19.0. The molecule has 0 bridgehead atoms. The van der Waals surface area contributed by atoms with Crippen molar-refractivity contribution < 1.29 is 9.53 Å². The van der Waals surface area contributed by atoms with Crippen molar-refractivity contribution in [2.75, 3.05) is 12.4 Å². The average Bonchev–Trinajstić information content (AvgIpc) is 3.38. The Morgan fingerprint density at radius 1 is 1.00 bits per heavy atom. The zero-order valence-corrected chi connectivity index (χ0v) is 17.4. The minimum atomic E-state index is -0.152. The summed E-state index contributed by atoms with van der Waals surface area (Å²) in [7, 11) is 1.60. The number of aromatic nitrogens is 1. The number of thiophene rings is 1. The Balaban J connectivity index is 1.77. The van der Waals surface area contributed by atoms with E-state index >= 15 is 0 Å².